The van der Waals surface area contributed by atoms with Crippen molar-refractivity contribution < 1.29 is 19.5 Å². The van der Waals surface area contributed by atoms with E-state index in [1.807, 2.05) is 30.3 Å². The molecule has 6 nitrogen and oxygen atoms in total. The van der Waals surface area contributed by atoms with Gasteiger partial charge in [0.05, 0.1) is 5.92 Å². The van der Waals surface area contributed by atoms with Crippen LogP contribution in [0.1, 0.15) is 30.6 Å². The van der Waals surface area contributed by atoms with Crippen molar-refractivity contribution >= 4 is 28.6 Å². The zero-order valence-corrected chi connectivity index (χ0v) is 14.3. The molecule has 0 aromatic heterocycles. The minimum absolute atomic E-state index is 0.0933. The van der Waals surface area contributed by atoms with Gasteiger partial charge in [0.2, 0.25) is 5.91 Å². The standard InChI is InChI=1S/C19H22N2O4/c1-12(19(24)25)13(2)21-17(22)9-10-20-18(23)16-8-7-14-5-3-4-6-15(14)11-16/h3-8,11-13H,9-10H2,1-2H3,(H,20,23)(H,21,22)(H,24,25). The predicted molar refractivity (Wildman–Crippen MR) is 95.3 cm³/mol. The second kappa shape index (κ2) is 8.28. The molecule has 2 aromatic rings. The SMILES string of the molecule is CC(NC(=O)CCNC(=O)c1ccc2ccccc2c1)C(C)C(=O)O. The number of hydrogen-bond donors (Lipinski definition) is 3. The van der Waals surface area contributed by atoms with E-state index in [4.69, 9.17) is 5.11 Å². The van der Waals surface area contributed by atoms with Gasteiger partial charge in [0, 0.05) is 24.6 Å². The zero-order chi connectivity index (χ0) is 18.4. The fourth-order valence-corrected chi connectivity index (χ4v) is 2.39. The van der Waals surface area contributed by atoms with E-state index < -0.39 is 17.9 Å². The fraction of sp³-hybridized carbons (Fsp3) is 0.316. The van der Waals surface area contributed by atoms with Crippen LogP contribution in [-0.2, 0) is 9.59 Å². The minimum atomic E-state index is -0.961. The third kappa shape index (κ3) is 5.04. The Morgan fingerprint density at radius 3 is 2.40 bits per heavy atom. The number of fused-ring (bicyclic) bond motifs is 1. The maximum Gasteiger partial charge on any atom is 0.308 e. The second-order valence-electron chi connectivity index (χ2n) is 6.05. The molecule has 2 aromatic carbocycles. The van der Waals surface area contributed by atoms with Crippen molar-refractivity contribution in [3.63, 3.8) is 0 Å². The van der Waals surface area contributed by atoms with Gasteiger partial charge in [-0.15, -0.1) is 0 Å². The Balaban J connectivity index is 1.83. The maximum atomic E-state index is 12.2. The van der Waals surface area contributed by atoms with Crippen molar-refractivity contribution in [2.75, 3.05) is 6.54 Å². The largest absolute Gasteiger partial charge is 0.481 e. The summed E-state index contributed by atoms with van der Waals surface area (Å²) in [6.07, 6.45) is 0.0933. The molecule has 2 unspecified atom stereocenters. The van der Waals surface area contributed by atoms with Crippen molar-refractivity contribution in [1.29, 1.82) is 0 Å². The summed E-state index contributed by atoms with van der Waals surface area (Å²) in [4.78, 5) is 34.9. The number of aliphatic carboxylic acids is 1. The monoisotopic (exact) mass is 342 g/mol. The van der Waals surface area contributed by atoms with Gasteiger partial charge >= 0.3 is 5.97 Å². The van der Waals surface area contributed by atoms with Crippen molar-refractivity contribution in [1.82, 2.24) is 10.6 Å². The molecule has 0 saturated heterocycles. The summed E-state index contributed by atoms with van der Waals surface area (Å²) < 4.78 is 0. The Kier molecular flexibility index (Phi) is 6.11. The molecule has 2 amide bonds. The molecule has 0 aliphatic heterocycles. The highest BCUT2D eigenvalue weighted by atomic mass is 16.4. The van der Waals surface area contributed by atoms with Crippen molar-refractivity contribution in [3.05, 3.63) is 48.0 Å². The van der Waals surface area contributed by atoms with Gasteiger partial charge in [-0.3, -0.25) is 14.4 Å². The van der Waals surface area contributed by atoms with Gasteiger partial charge in [-0.25, -0.2) is 0 Å². The van der Waals surface area contributed by atoms with Crippen molar-refractivity contribution in [2.24, 2.45) is 5.92 Å². The van der Waals surface area contributed by atoms with Crippen LogP contribution in [0.3, 0.4) is 0 Å². The molecule has 0 saturated carbocycles. The quantitative estimate of drug-likeness (QED) is 0.719. The first-order valence-electron chi connectivity index (χ1n) is 8.17. The summed E-state index contributed by atoms with van der Waals surface area (Å²) >= 11 is 0. The second-order valence-corrected chi connectivity index (χ2v) is 6.05. The van der Waals surface area contributed by atoms with Gasteiger partial charge in [-0.1, -0.05) is 30.3 Å². The third-order valence-electron chi connectivity index (χ3n) is 4.18. The van der Waals surface area contributed by atoms with E-state index >= 15 is 0 Å². The lowest BCUT2D eigenvalue weighted by molar-refractivity contribution is -0.142. The van der Waals surface area contributed by atoms with E-state index in [0.29, 0.717) is 5.56 Å². The van der Waals surface area contributed by atoms with E-state index in [1.165, 1.54) is 6.92 Å². The molecular formula is C19H22N2O4. The number of carbonyl (C=O) groups excluding carboxylic acids is 2. The zero-order valence-electron chi connectivity index (χ0n) is 14.3. The molecule has 25 heavy (non-hydrogen) atoms. The molecule has 0 heterocycles. The van der Waals surface area contributed by atoms with Crippen LogP contribution in [0.4, 0.5) is 0 Å². The summed E-state index contributed by atoms with van der Waals surface area (Å²) in [6, 6.07) is 12.7. The first-order chi connectivity index (χ1) is 11.9. The minimum Gasteiger partial charge on any atom is -0.481 e. The van der Waals surface area contributed by atoms with Crippen molar-refractivity contribution in [2.45, 2.75) is 26.3 Å². The Bertz CT molecular complexity index is 788. The smallest absolute Gasteiger partial charge is 0.308 e. The molecule has 0 aliphatic rings. The average Bonchev–Trinajstić information content (AvgIpc) is 2.60. The molecule has 0 bridgehead atoms. The predicted octanol–water partition coefficient (Wildman–Crippen LogP) is 2.19. The molecule has 132 valence electrons. The van der Waals surface area contributed by atoms with Crippen LogP contribution in [0.25, 0.3) is 10.8 Å². The number of nitrogens with one attached hydrogen (secondary N) is 2. The summed E-state index contributed by atoms with van der Waals surface area (Å²) in [5.74, 6) is -2.17. The topological polar surface area (TPSA) is 95.5 Å². The van der Waals surface area contributed by atoms with Crippen LogP contribution >= 0.6 is 0 Å². The van der Waals surface area contributed by atoms with Gasteiger partial charge < -0.3 is 15.7 Å². The summed E-state index contributed by atoms with van der Waals surface area (Å²) in [5.41, 5.74) is 0.534. The fourth-order valence-electron chi connectivity index (χ4n) is 2.39. The molecular weight excluding hydrogens is 320 g/mol. The number of rotatable bonds is 7. The number of benzene rings is 2. The van der Waals surface area contributed by atoms with Gasteiger partial charge in [-0.2, -0.15) is 0 Å². The van der Waals surface area contributed by atoms with Crippen LogP contribution in [0, 0.1) is 5.92 Å². The molecule has 2 atom stereocenters. The van der Waals surface area contributed by atoms with E-state index in [-0.39, 0.29) is 24.8 Å². The first-order valence-corrected chi connectivity index (χ1v) is 8.17. The van der Waals surface area contributed by atoms with Crippen LogP contribution in [0.2, 0.25) is 0 Å². The maximum absolute atomic E-state index is 12.2. The number of carbonyl (C=O) groups is 3. The van der Waals surface area contributed by atoms with Crippen LogP contribution < -0.4 is 10.6 Å². The molecule has 0 aliphatic carbocycles. The van der Waals surface area contributed by atoms with Gasteiger partial charge in [-0.05, 0) is 36.8 Å². The lowest BCUT2D eigenvalue weighted by Crippen LogP contribution is -2.41. The highest BCUT2D eigenvalue weighted by Gasteiger charge is 2.20. The van der Waals surface area contributed by atoms with E-state index in [9.17, 15) is 14.4 Å². The molecule has 2 rings (SSSR count). The van der Waals surface area contributed by atoms with E-state index in [0.717, 1.165) is 10.8 Å². The third-order valence-corrected chi connectivity index (χ3v) is 4.18. The average molecular weight is 342 g/mol. The van der Waals surface area contributed by atoms with E-state index in [1.54, 1.807) is 19.1 Å². The van der Waals surface area contributed by atoms with Gasteiger partial charge in [0.1, 0.15) is 0 Å². The van der Waals surface area contributed by atoms with Crippen LogP contribution in [0.15, 0.2) is 42.5 Å². The van der Waals surface area contributed by atoms with E-state index in [2.05, 4.69) is 10.6 Å². The van der Waals surface area contributed by atoms with Crippen LogP contribution in [-0.4, -0.2) is 35.5 Å². The Labute approximate surface area is 146 Å². The summed E-state index contributed by atoms with van der Waals surface area (Å²) in [7, 11) is 0. The van der Waals surface area contributed by atoms with Gasteiger partial charge in [0.15, 0.2) is 0 Å². The number of amides is 2. The Hall–Kier alpha value is -2.89. The molecule has 3 N–H and O–H groups in total. The first kappa shape index (κ1) is 18.4. The molecule has 0 fully saturated rings. The molecule has 6 heteroatoms. The number of carboxylic acids is 1. The lowest BCUT2D eigenvalue weighted by atomic mass is 10.0. The molecule has 0 radical (unpaired) electrons. The Morgan fingerprint density at radius 1 is 1.04 bits per heavy atom. The summed E-state index contributed by atoms with van der Waals surface area (Å²) in [6.45, 7) is 3.37. The lowest BCUT2D eigenvalue weighted by Gasteiger charge is -2.17. The highest BCUT2D eigenvalue weighted by molar-refractivity contribution is 5.98. The normalized spacial score (nSPS) is 13.0. The molecule has 0 spiro atoms. The number of hydrogen-bond acceptors (Lipinski definition) is 3. The summed E-state index contributed by atoms with van der Waals surface area (Å²) in [5, 5.41) is 16.3. The highest BCUT2D eigenvalue weighted by Crippen LogP contribution is 2.15. The van der Waals surface area contributed by atoms with Gasteiger partial charge in [0.25, 0.3) is 5.91 Å². The Morgan fingerprint density at radius 2 is 1.72 bits per heavy atom. The van der Waals surface area contributed by atoms with Crippen LogP contribution in [0.5, 0.6) is 0 Å². The number of carboxylic acid groups (broad SMARTS) is 1. The van der Waals surface area contributed by atoms with Crippen molar-refractivity contribution in [3.8, 4) is 0 Å².